The Balaban J connectivity index is 2.17. The molecule has 0 spiro atoms. The van der Waals surface area contributed by atoms with E-state index in [2.05, 4.69) is 5.10 Å². The molecule has 6 heteroatoms. The first-order chi connectivity index (χ1) is 8.37. The smallest absolute Gasteiger partial charge is 0.356 e. The summed E-state index contributed by atoms with van der Waals surface area (Å²) in [5, 5.41) is 12.6. The lowest BCUT2D eigenvalue weighted by molar-refractivity contribution is -0.0236. The van der Waals surface area contributed by atoms with Crippen LogP contribution in [-0.2, 0) is 11.3 Å². The number of hydrogen-bond acceptors (Lipinski definition) is 4. The average molecular weight is 252 g/mol. The zero-order valence-corrected chi connectivity index (χ0v) is 10.4. The number of carboxylic acids is 1. The van der Waals surface area contributed by atoms with Crippen LogP contribution >= 0.6 is 0 Å². The molecular weight excluding hydrogens is 236 g/mol. The topological polar surface area (TPSA) is 81.4 Å². The Labute approximate surface area is 104 Å². The molecule has 1 aliphatic heterocycles. The summed E-state index contributed by atoms with van der Waals surface area (Å²) in [6, 6.07) is 2.43. The van der Waals surface area contributed by atoms with E-state index in [0.717, 1.165) is 17.5 Å². The molecule has 0 amide bonds. The molecule has 1 aromatic rings. The lowest BCUT2D eigenvalue weighted by atomic mass is 10.1. The van der Waals surface area contributed by atoms with Crippen molar-refractivity contribution in [1.29, 1.82) is 0 Å². The molecule has 1 N–H and O–H groups in total. The van der Waals surface area contributed by atoms with Crippen LogP contribution in [-0.4, -0.2) is 32.6 Å². The Morgan fingerprint density at radius 3 is 2.89 bits per heavy atom. The molecule has 1 aromatic heterocycles. The highest BCUT2D eigenvalue weighted by atomic mass is 16.5. The maximum Gasteiger partial charge on any atom is 0.356 e. The highest BCUT2D eigenvalue weighted by Gasteiger charge is 2.32. The Morgan fingerprint density at radius 2 is 2.33 bits per heavy atom. The summed E-state index contributed by atoms with van der Waals surface area (Å²) in [4.78, 5) is 22.4. The summed E-state index contributed by atoms with van der Waals surface area (Å²) in [5.74, 6) is -1.14. The largest absolute Gasteiger partial charge is 0.476 e. The van der Waals surface area contributed by atoms with Crippen LogP contribution < -0.4 is 5.56 Å². The molecule has 1 atom stereocenters. The fourth-order valence-corrected chi connectivity index (χ4v) is 2.09. The van der Waals surface area contributed by atoms with Crippen LogP contribution in [0.4, 0.5) is 0 Å². The van der Waals surface area contributed by atoms with E-state index in [1.807, 2.05) is 13.8 Å². The van der Waals surface area contributed by atoms with Crippen LogP contribution in [0.15, 0.2) is 16.9 Å². The molecule has 18 heavy (non-hydrogen) atoms. The molecule has 1 fully saturated rings. The van der Waals surface area contributed by atoms with Gasteiger partial charge in [-0.2, -0.15) is 5.10 Å². The normalized spacial score (nSPS) is 22.0. The second-order valence-corrected chi connectivity index (χ2v) is 5.08. The van der Waals surface area contributed by atoms with Gasteiger partial charge in [0.1, 0.15) is 0 Å². The molecule has 0 aliphatic carbocycles. The van der Waals surface area contributed by atoms with Crippen molar-refractivity contribution >= 4 is 5.97 Å². The van der Waals surface area contributed by atoms with Crippen molar-refractivity contribution in [2.75, 3.05) is 0 Å². The summed E-state index contributed by atoms with van der Waals surface area (Å²) in [6.45, 7) is 4.29. The van der Waals surface area contributed by atoms with Gasteiger partial charge < -0.3 is 9.84 Å². The number of nitrogens with zero attached hydrogens (tertiary/aromatic N) is 2. The van der Waals surface area contributed by atoms with Crippen molar-refractivity contribution < 1.29 is 14.6 Å². The molecule has 1 aliphatic rings. The number of carbonyl (C=O) groups is 1. The zero-order chi connectivity index (χ0) is 13.3. The summed E-state index contributed by atoms with van der Waals surface area (Å²) in [6.07, 6.45) is 1.68. The van der Waals surface area contributed by atoms with Crippen molar-refractivity contribution in [2.24, 2.45) is 0 Å². The van der Waals surface area contributed by atoms with E-state index >= 15 is 0 Å². The molecule has 0 aromatic carbocycles. The van der Waals surface area contributed by atoms with Crippen molar-refractivity contribution in [3.05, 3.63) is 28.2 Å². The third-order valence-corrected chi connectivity index (χ3v) is 3.02. The summed E-state index contributed by atoms with van der Waals surface area (Å²) in [7, 11) is 0. The fourth-order valence-electron chi connectivity index (χ4n) is 2.09. The third kappa shape index (κ3) is 2.76. The molecule has 1 unspecified atom stereocenters. The van der Waals surface area contributed by atoms with Crippen molar-refractivity contribution in [3.8, 4) is 0 Å². The Kier molecular flexibility index (Phi) is 3.21. The van der Waals surface area contributed by atoms with E-state index < -0.39 is 5.97 Å². The monoisotopic (exact) mass is 252 g/mol. The molecular formula is C12H16N2O4. The Morgan fingerprint density at radius 1 is 1.61 bits per heavy atom. The van der Waals surface area contributed by atoms with Gasteiger partial charge in [0.05, 0.1) is 18.2 Å². The van der Waals surface area contributed by atoms with Crippen LogP contribution in [0.3, 0.4) is 0 Å². The van der Waals surface area contributed by atoms with Gasteiger partial charge in [-0.05, 0) is 32.8 Å². The van der Waals surface area contributed by atoms with Gasteiger partial charge in [-0.15, -0.1) is 0 Å². The minimum absolute atomic E-state index is 0.0887. The van der Waals surface area contributed by atoms with Gasteiger partial charge in [0.2, 0.25) is 0 Å². The summed E-state index contributed by atoms with van der Waals surface area (Å²) in [5.41, 5.74) is -0.626. The van der Waals surface area contributed by atoms with E-state index in [1.54, 1.807) is 0 Å². The molecule has 2 rings (SSSR count). The van der Waals surface area contributed by atoms with E-state index in [9.17, 15) is 9.59 Å². The Hall–Kier alpha value is -1.69. The van der Waals surface area contributed by atoms with E-state index in [-0.39, 0.29) is 23.0 Å². The Bertz CT molecular complexity index is 521. The lowest BCUT2D eigenvalue weighted by Crippen LogP contribution is -2.31. The number of rotatable bonds is 3. The molecule has 0 saturated carbocycles. The van der Waals surface area contributed by atoms with Gasteiger partial charge in [-0.1, -0.05) is 0 Å². The molecule has 1 saturated heterocycles. The third-order valence-electron chi connectivity index (χ3n) is 3.02. The molecule has 98 valence electrons. The number of hydrogen-bond donors (Lipinski definition) is 1. The first-order valence-corrected chi connectivity index (χ1v) is 5.87. The minimum atomic E-state index is -1.14. The second-order valence-electron chi connectivity index (χ2n) is 5.08. The van der Waals surface area contributed by atoms with E-state index in [4.69, 9.17) is 9.84 Å². The maximum absolute atomic E-state index is 11.6. The SMILES string of the molecule is CC1(C)CCC(Cn2nc(C(=O)O)ccc2=O)O1. The molecule has 0 radical (unpaired) electrons. The first-order valence-electron chi connectivity index (χ1n) is 5.87. The average Bonchev–Trinajstić information content (AvgIpc) is 2.61. The van der Waals surface area contributed by atoms with E-state index in [1.165, 1.54) is 12.1 Å². The van der Waals surface area contributed by atoms with Crippen LogP contribution in [0.1, 0.15) is 37.2 Å². The van der Waals surface area contributed by atoms with Crippen LogP contribution in [0.2, 0.25) is 0 Å². The second kappa shape index (κ2) is 4.53. The van der Waals surface area contributed by atoms with Gasteiger partial charge in [0, 0.05) is 6.07 Å². The van der Waals surface area contributed by atoms with Crippen molar-refractivity contribution in [1.82, 2.24) is 9.78 Å². The fraction of sp³-hybridized carbons (Fsp3) is 0.583. The van der Waals surface area contributed by atoms with Gasteiger partial charge in [0.25, 0.3) is 5.56 Å². The standard InChI is InChI=1S/C12H16N2O4/c1-12(2)6-5-8(18-12)7-14-10(15)4-3-9(13-14)11(16)17/h3-4,8H,5-7H2,1-2H3,(H,16,17). The van der Waals surface area contributed by atoms with Gasteiger partial charge in [-0.25, -0.2) is 9.48 Å². The number of aromatic nitrogens is 2. The van der Waals surface area contributed by atoms with Gasteiger partial charge in [0.15, 0.2) is 5.69 Å². The number of aromatic carboxylic acids is 1. The molecule has 6 nitrogen and oxygen atoms in total. The summed E-state index contributed by atoms with van der Waals surface area (Å²) < 4.78 is 6.92. The maximum atomic E-state index is 11.6. The predicted octanol–water partition coefficient (Wildman–Crippen LogP) is 0.899. The number of ether oxygens (including phenoxy) is 1. The molecule has 2 heterocycles. The van der Waals surface area contributed by atoms with Gasteiger partial charge >= 0.3 is 5.97 Å². The minimum Gasteiger partial charge on any atom is -0.476 e. The van der Waals surface area contributed by atoms with Crippen molar-refractivity contribution in [2.45, 2.75) is 44.9 Å². The first kappa shape index (κ1) is 12.8. The van der Waals surface area contributed by atoms with Crippen molar-refractivity contribution in [3.63, 3.8) is 0 Å². The highest BCUT2D eigenvalue weighted by Crippen LogP contribution is 2.29. The zero-order valence-electron chi connectivity index (χ0n) is 10.4. The highest BCUT2D eigenvalue weighted by molar-refractivity contribution is 5.84. The van der Waals surface area contributed by atoms with Crippen LogP contribution in [0.25, 0.3) is 0 Å². The molecule has 0 bridgehead atoms. The number of carboxylic acid groups (broad SMARTS) is 1. The lowest BCUT2D eigenvalue weighted by Gasteiger charge is -2.19. The van der Waals surface area contributed by atoms with E-state index in [0.29, 0.717) is 6.54 Å². The van der Waals surface area contributed by atoms with Gasteiger partial charge in [-0.3, -0.25) is 4.79 Å². The van der Waals surface area contributed by atoms with Crippen LogP contribution in [0.5, 0.6) is 0 Å². The predicted molar refractivity (Wildman–Crippen MR) is 63.6 cm³/mol. The summed E-state index contributed by atoms with van der Waals surface area (Å²) >= 11 is 0. The quantitative estimate of drug-likeness (QED) is 0.864. The van der Waals surface area contributed by atoms with Crippen LogP contribution in [0, 0.1) is 0 Å².